The van der Waals surface area contributed by atoms with Crippen molar-refractivity contribution in [2.24, 2.45) is 0 Å². The summed E-state index contributed by atoms with van der Waals surface area (Å²) in [6.45, 7) is 0. The van der Waals surface area contributed by atoms with Crippen LogP contribution in [0.1, 0.15) is 11.4 Å². The molecule has 1 heterocycles. The fourth-order valence-corrected chi connectivity index (χ4v) is 1.68. The van der Waals surface area contributed by atoms with Gasteiger partial charge in [-0.15, -0.1) is 11.3 Å². The van der Waals surface area contributed by atoms with Gasteiger partial charge in [0.05, 0.1) is 9.08 Å². The van der Waals surface area contributed by atoms with E-state index in [1.54, 1.807) is 0 Å². The molecule has 0 unspecified atom stereocenters. The SMILES string of the molecule is FC(F)c1ncc(I)s1. The summed E-state index contributed by atoms with van der Waals surface area (Å²) < 4.78 is 24.2. The van der Waals surface area contributed by atoms with Crippen molar-refractivity contribution in [1.82, 2.24) is 4.98 Å². The Labute approximate surface area is 68.2 Å². The summed E-state index contributed by atoms with van der Waals surface area (Å²) in [7, 11) is 0. The van der Waals surface area contributed by atoms with Gasteiger partial charge in [-0.1, -0.05) is 0 Å². The van der Waals surface area contributed by atoms with Crippen molar-refractivity contribution in [1.29, 1.82) is 0 Å². The lowest BCUT2D eigenvalue weighted by Gasteiger charge is -1.86. The zero-order valence-corrected chi connectivity index (χ0v) is 7.12. The van der Waals surface area contributed by atoms with E-state index in [2.05, 4.69) is 4.98 Å². The van der Waals surface area contributed by atoms with Crippen molar-refractivity contribution in [3.8, 4) is 0 Å². The number of hydrogen-bond donors (Lipinski definition) is 0. The first-order valence-electron chi connectivity index (χ1n) is 2.09. The Morgan fingerprint density at radius 3 is 2.56 bits per heavy atom. The summed E-state index contributed by atoms with van der Waals surface area (Å²) in [6, 6.07) is 0. The third-order valence-corrected chi connectivity index (χ3v) is 2.41. The van der Waals surface area contributed by atoms with Gasteiger partial charge >= 0.3 is 0 Å². The van der Waals surface area contributed by atoms with Crippen LogP contribution in [0, 0.1) is 2.88 Å². The van der Waals surface area contributed by atoms with Gasteiger partial charge in [0.1, 0.15) is 0 Å². The molecule has 0 aromatic carbocycles. The highest BCUT2D eigenvalue weighted by atomic mass is 127. The molecular weight excluding hydrogens is 259 g/mol. The lowest BCUT2D eigenvalue weighted by molar-refractivity contribution is 0.151. The molecule has 0 saturated heterocycles. The molecule has 0 aliphatic carbocycles. The lowest BCUT2D eigenvalue weighted by Crippen LogP contribution is -1.77. The molecule has 1 rings (SSSR count). The maximum Gasteiger partial charge on any atom is 0.289 e. The number of thiazole rings is 1. The molecule has 0 aliphatic rings. The molecule has 0 fully saturated rings. The van der Waals surface area contributed by atoms with Gasteiger partial charge in [0.25, 0.3) is 6.43 Å². The van der Waals surface area contributed by atoms with Gasteiger partial charge in [0.2, 0.25) is 0 Å². The maximum absolute atomic E-state index is 11.7. The molecule has 1 aromatic heterocycles. The first-order chi connectivity index (χ1) is 4.20. The fraction of sp³-hybridized carbons (Fsp3) is 0.250. The van der Waals surface area contributed by atoms with Crippen molar-refractivity contribution in [2.75, 3.05) is 0 Å². The van der Waals surface area contributed by atoms with E-state index in [1.807, 2.05) is 22.6 Å². The minimum Gasteiger partial charge on any atom is -0.242 e. The van der Waals surface area contributed by atoms with Gasteiger partial charge < -0.3 is 0 Å². The molecule has 0 aliphatic heterocycles. The third-order valence-electron chi connectivity index (χ3n) is 0.682. The molecule has 1 aromatic rings. The van der Waals surface area contributed by atoms with E-state index >= 15 is 0 Å². The van der Waals surface area contributed by atoms with Crippen molar-refractivity contribution in [3.63, 3.8) is 0 Å². The molecule has 0 radical (unpaired) electrons. The van der Waals surface area contributed by atoms with E-state index in [9.17, 15) is 8.78 Å². The molecule has 1 nitrogen and oxygen atoms in total. The molecule has 0 atom stereocenters. The Kier molecular flexibility index (Phi) is 2.34. The molecule has 50 valence electrons. The zero-order valence-electron chi connectivity index (χ0n) is 4.14. The Hall–Kier alpha value is 0.220. The molecule has 0 amide bonds. The Balaban J connectivity index is 2.85. The average Bonchev–Trinajstić information content (AvgIpc) is 2.14. The van der Waals surface area contributed by atoms with Crippen LogP contribution in [0.15, 0.2) is 6.20 Å². The van der Waals surface area contributed by atoms with Gasteiger partial charge in [-0.2, -0.15) is 0 Å². The standard InChI is InChI=1S/C4H2F2INS/c5-3(6)4-8-1-2(7)9-4/h1,3H. The van der Waals surface area contributed by atoms with E-state index in [-0.39, 0.29) is 5.01 Å². The average molecular weight is 261 g/mol. The van der Waals surface area contributed by atoms with Crippen molar-refractivity contribution >= 4 is 33.9 Å². The molecule has 5 heteroatoms. The third kappa shape index (κ3) is 1.82. The second-order valence-electron chi connectivity index (χ2n) is 1.30. The lowest BCUT2D eigenvalue weighted by atomic mass is 10.7. The van der Waals surface area contributed by atoms with Gasteiger partial charge in [-0.3, -0.25) is 0 Å². The van der Waals surface area contributed by atoms with Crippen LogP contribution < -0.4 is 0 Å². The van der Waals surface area contributed by atoms with Crippen LogP contribution in [0.2, 0.25) is 0 Å². The first kappa shape index (κ1) is 7.33. The normalized spacial score (nSPS) is 10.7. The van der Waals surface area contributed by atoms with Crippen LogP contribution in [0.5, 0.6) is 0 Å². The number of hydrogen-bond acceptors (Lipinski definition) is 2. The predicted molar refractivity (Wildman–Crippen MR) is 39.8 cm³/mol. The molecule has 0 N–H and O–H groups in total. The van der Waals surface area contributed by atoms with E-state index in [1.165, 1.54) is 6.20 Å². The van der Waals surface area contributed by atoms with Crippen LogP contribution in [0.3, 0.4) is 0 Å². The number of nitrogens with zero attached hydrogens (tertiary/aromatic N) is 1. The van der Waals surface area contributed by atoms with Crippen LogP contribution >= 0.6 is 33.9 Å². The summed E-state index contributed by atoms with van der Waals surface area (Å²) >= 11 is 2.98. The summed E-state index contributed by atoms with van der Waals surface area (Å²) in [5.74, 6) is 0. The van der Waals surface area contributed by atoms with E-state index in [0.29, 0.717) is 0 Å². The highest BCUT2D eigenvalue weighted by molar-refractivity contribution is 14.1. The van der Waals surface area contributed by atoms with Crippen LogP contribution in [-0.2, 0) is 0 Å². The van der Waals surface area contributed by atoms with Crippen LogP contribution in [0.25, 0.3) is 0 Å². The predicted octanol–water partition coefficient (Wildman–Crippen LogP) is 2.69. The van der Waals surface area contributed by atoms with E-state index in [4.69, 9.17) is 0 Å². The largest absolute Gasteiger partial charge is 0.289 e. The first-order valence-corrected chi connectivity index (χ1v) is 3.99. The van der Waals surface area contributed by atoms with Gasteiger partial charge in [-0.25, -0.2) is 13.8 Å². The minimum absolute atomic E-state index is 0.0978. The number of aromatic nitrogens is 1. The molecule has 0 bridgehead atoms. The summed E-state index contributed by atoms with van der Waals surface area (Å²) in [5.41, 5.74) is 0. The van der Waals surface area contributed by atoms with Crippen molar-refractivity contribution in [3.05, 3.63) is 14.1 Å². The molecule has 0 spiro atoms. The highest BCUT2D eigenvalue weighted by Gasteiger charge is 2.10. The Morgan fingerprint density at radius 2 is 2.33 bits per heavy atom. The van der Waals surface area contributed by atoms with E-state index in [0.717, 1.165) is 14.2 Å². The second-order valence-corrected chi connectivity index (χ2v) is 4.26. The fourth-order valence-electron chi connectivity index (χ4n) is 0.368. The topological polar surface area (TPSA) is 12.9 Å². The maximum atomic E-state index is 11.7. The van der Waals surface area contributed by atoms with Crippen molar-refractivity contribution < 1.29 is 8.78 Å². The van der Waals surface area contributed by atoms with Crippen molar-refractivity contribution in [2.45, 2.75) is 6.43 Å². The molecule has 9 heavy (non-hydrogen) atoms. The smallest absolute Gasteiger partial charge is 0.242 e. The van der Waals surface area contributed by atoms with Gasteiger partial charge in [0, 0.05) is 0 Å². The summed E-state index contributed by atoms with van der Waals surface area (Å²) in [4.78, 5) is 3.48. The number of rotatable bonds is 1. The number of alkyl halides is 2. The minimum atomic E-state index is -2.42. The zero-order chi connectivity index (χ0) is 6.85. The Morgan fingerprint density at radius 1 is 1.67 bits per heavy atom. The Bertz CT molecular complexity index is 200. The van der Waals surface area contributed by atoms with Gasteiger partial charge in [0.15, 0.2) is 5.01 Å². The van der Waals surface area contributed by atoms with Gasteiger partial charge in [-0.05, 0) is 22.6 Å². The second kappa shape index (κ2) is 2.87. The molecule has 0 saturated carbocycles. The molecular formula is C4H2F2INS. The van der Waals surface area contributed by atoms with E-state index < -0.39 is 6.43 Å². The summed E-state index contributed by atoms with van der Waals surface area (Å²) in [5, 5.41) is -0.0978. The number of halogens is 3. The summed E-state index contributed by atoms with van der Waals surface area (Å²) in [6.07, 6.45) is -0.981. The van der Waals surface area contributed by atoms with Crippen LogP contribution in [0.4, 0.5) is 8.78 Å². The monoisotopic (exact) mass is 261 g/mol. The van der Waals surface area contributed by atoms with Crippen LogP contribution in [-0.4, -0.2) is 4.98 Å². The quantitative estimate of drug-likeness (QED) is 0.708. The highest BCUT2D eigenvalue weighted by Crippen LogP contribution is 2.24.